The van der Waals surface area contributed by atoms with Gasteiger partial charge in [-0.15, -0.1) is 0 Å². The molecule has 92 valence electrons. The van der Waals surface area contributed by atoms with Crippen LogP contribution >= 0.6 is 0 Å². The van der Waals surface area contributed by atoms with E-state index in [0.29, 0.717) is 0 Å². The number of halogens is 2. The number of carbonyl (C=O) groups is 1. The summed E-state index contributed by atoms with van der Waals surface area (Å²) in [5.74, 6) is -1.74. The molecule has 0 aliphatic heterocycles. The molecular formula is C12H14F2N2O. The van der Waals surface area contributed by atoms with Gasteiger partial charge in [-0.3, -0.25) is 4.79 Å². The van der Waals surface area contributed by atoms with Gasteiger partial charge < -0.3 is 11.1 Å². The Balaban J connectivity index is 1.98. The van der Waals surface area contributed by atoms with Crippen LogP contribution in [0.15, 0.2) is 18.2 Å². The molecule has 1 aliphatic rings. The molecule has 3 nitrogen and oxygen atoms in total. The first-order valence-electron chi connectivity index (χ1n) is 5.52. The van der Waals surface area contributed by atoms with Crippen LogP contribution in [0.4, 0.5) is 14.5 Å². The smallest absolute Gasteiger partial charge is 0.226 e. The van der Waals surface area contributed by atoms with Crippen molar-refractivity contribution in [1.29, 1.82) is 0 Å². The Morgan fingerprint density at radius 3 is 2.35 bits per heavy atom. The zero-order valence-corrected chi connectivity index (χ0v) is 9.30. The Morgan fingerprint density at radius 1 is 1.29 bits per heavy atom. The van der Waals surface area contributed by atoms with E-state index >= 15 is 0 Å². The molecule has 17 heavy (non-hydrogen) atoms. The minimum absolute atomic E-state index is 0.121. The first-order chi connectivity index (χ1) is 7.97. The van der Waals surface area contributed by atoms with Crippen molar-refractivity contribution < 1.29 is 13.6 Å². The van der Waals surface area contributed by atoms with E-state index in [-0.39, 0.29) is 18.0 Å². The Hall–Kier alpha value is -1.49. The van der Waals surface area contributed by atoms with Crippen molar-refractivity contribution in [1.82, 2.24) is 0 Å². The number of rotatable bonds is 3. The minimum atomic E-state index is -0.716. The van der Waals surface area contributed by atoms with Gasteiger partial charge in [-0.25, -0.2) is 8.78 Å². The summed E-state index contributed by atoms with van der Waals surface area (Å²) in [5.41, 5.74) is 5.59. The zero-order valence-electron chi connectivity index (χ0n) is 9.30. The Labute approximate surface area is 98.0 Å². The van der Waals surface area contributed by atoms with E-state index in [4.69, 9.17) is 5.73 Å². The lowest BCUT2D eigenvalue weighted by Crippen LogP contribution is -2.48. The van der Waals surface area contributed by atoms with Crippen molar-refractivity contribution in [2.45, 2.75) is 31.2 Å². The second-order valence-corrected chi connectivity index (χ2v) is 4.60. The highest BCUT2D eigenvalue weighted by Crippen LogP contribution is 2.32. The van der Waals surface area contributed by atoms with Gasteiger partial charge in [0.2, 0.25) is 5.91 Å². The van der Waals surface area contributed by atoms with Gasteiger partial charge in [-0.2, -0.15) is 0 Å². The van der Waals surface area contributed by atoms with Gasteiger partial charge in [-0.1, -0.05) is 0 Å². The monoisotopic (exact) mass is 240 g/mol. The lowest BCUT2D eigenvalue weighted by atomic mass is 9.75. The number of benzene rings is 1. The van der Waals surface area contributed by atoms with Crippen LogP contribution in [0.2, 0.25) is 0 Å². The van der Waals surface area contributed by atoms with E-state index in [1.165, 1.54) is 0 Å². The number of hydrogen-bond acceptors (Lipinski definition) is 2. The maximum atomic E-state index is 12.9. The van der Waals surface area contributed by atoms with Gasteiger partial charge in [0.15, 0.2) is 0 Å². The second kappa shape index (κ2) is 4.41. The molecule has 0 radical (unpaired) electrons. The average Bonchev–Trinajstić information content (AvgIpc) is 2.12. The van der Waals surface area contributed by atoms with Crippen LogP contribution in [0.3, 0.4) is 0 Å². The van der Waals surface area contributed by atoms with E-state index in [0.717, 1.165) is 37.5 Å². The Bertz CT molecular complexity index is 424. The summed E-state index contributed by atoms with van der Waals surface area (Å²) >= 11 is 0. The van der Waals surface area contributed by atoms with Crippen LogP contribution in [0.5, 0.6) is 0 Å². The largest absolute Gasteiger partial charge is 0.326 e. The SMILES string of the molecule is NC1(CC(=O)Nc2cc(F)cc(F)c2)CCC1. The van der Waals surface area contributed by atoms with E-state index in [1.54, 1.807) is 0 Å². The Kier molecular flexibility index (Phi) is 3.11. The van der Waals surface area contributed by atoms with Crippen molar-refractivity contribution in [3.63, 3.8) is 0 Å². The normalized spacial score (nSPS) is 17.4. The topological polar surface area (TPSA) is 55.1 Å². The molecule has 0 bridgehead atoms. The van der Waals surface area contributed by atoms with Crippen LogP contribution in [-0.2, 0) is 4.79 Å². The van der Waals surface area contributed by atoms with Crippen LogP contribution in [0, 0.1) is 11.6 Å². The maximum Gasteiger partial charge on any atom is 0.226 e. The molecule has 0 unspecified atom stereocenters. The Morgan fingerprint density at radius 2 is 1.88 bits per heavy atom. The second-order valence-electron chi connectivity index (χ2n) is 4.60. The minimum Gasteiger partial charge on any atom is -0.326 e. The highest BCUT2D eigenvalue weighted by molar-refractivity contribution is 5.91. The third kappa shape index (κ3) is 3.00. The lowest BCUT2D eigenvalue weighted by Gasteiger charge is -2.37. The van der Waals surface area contributed by atoms with E-state index in [9.17, 15) is 13.6 Å². The van der Waals surface area contributed by atoms with E-state index in [2.05, 4.69) is 5.32 Å². The summed E-state index contributed by atoms with van der Waals surface area (Å²) in [5, 5.41) is 2.45. The van der Waals surface area contributed by atoms with Crippen molar-refractivity contribution >= 4 is 11.6 Å². The number of carbonyl (C=O) groups excluding carboxylic acids is 1. The molecule has 1 fully saturated rings. The van der Waals surface area contributed by atoms with Crippen LogP contribution in [0.1, 0.15) is 25.7 Å². The third-order valence-electron chi connectivity index (χ3n) is 3.01. The van der Waals surface area contributed by atoms with Gasteiger partial charge >= 0.3 is 0 Å². The first-order valence-corrected chi connectivity index (χ1v) is 5.52. The zero-order chi connectivity index (χ0) is 12.5. The molecule has 0 saturated heterocycles. The molecule has 0 heterocycles. The van der Waals surface area contributed by atoms with Crippen molar-refractivity contribution in [2.24, 2.45) is 5.73 Å². The molecule has 0 aromatic heterocycles. The van der Waals surface area contributed by atoms with Gasteiger partial charge in [-0.05, 0) is 31.4 Å². The standard InChI is InChI=1S/C12H14F2N2O/c13-8-4-9(14)6-10(5-8)16-11(17)7-12(15)2-1-3-12/h4-6H,1-3,7,15H2,(H,16,17). The number of anilines is 1. The number of nitrogens with one attached hydrogen (secondary N) is 1. The first kappa shape index (κ1) is 12.0. The third-order valence-corrected chi connectivity index (χ3v) is 3.01. The number of amides is 1. The maximum absolute atomic E-state index is 12.9. The molecule has 2 rings (SSSR count). The van der Waals surface area contributed by atoms with Crippen molar-refractivity contribution in [3.05, 3.63) is 29.8 Å². The van der Waals surface area contributed by atoms with E-state index in [1.807, 2.05) is 0 Å². The van der Waals surface area contributed by atoms with Gasteiger partial charge in [0.05, 0.1) is 0 Å². The molecule has 0 spiro atoms. The fraction of sp³-hybridized carbons (Fsp3) is 0.417. The summed E-state index contributed by atoms with van der Waals surface area (Å²) in [6.45, 7) is 0. The predicted octanol–water partition coefficient (Wildman–Crippen LogP) is 2.17. The van der Waals surface area contributed by atoms with Gasteiger partial charge in [0.1, 0.15) is 11.6 Å². The quantitative estimate of drug-likeness (QED) is 0.850. The summed E-state index contributed by atoms with van der Waals surface area (Å²) in [6.07, 6.45) is 2.85. The highest BCUT2D eigenvalue weighted by Gasteiger charge is 2.34. The predicted molar refractivity (Wildman–Crippen MR) is 60.4 cm³/mol. The van der Waals surface area contributed by atoms with Gasteiger partial charge in [0.25, 0.3) is 0 Å². The van der Waals surface area contributed by atoms with Crippen molar-refractivity contribution in [2.75, 3.05) is 5.32 Å². The summed E-state index contributed by atoms with van der Waals surface area (Å²) in [7, 11) is 0. The average molecular weight is 240 g/mol. The molecule has 1 aromatic carbocycles. The highest BCUT2D eigenvalue weighted by atomic mass is 19.1. The summed E-state index contributed by atoms with van der Waals surface area (Å²) in [4.78, 5) is 11.6. The van der Waals surface area contributed by atoms with Crippen LogP contribution in [0.25, 0.3) is 0 Å². The van der Waals surface area contributed by atoms with Crippen LogP contribution < -0.4 is 11.1 Å². The number of hydrogen-bond donors (Lipinski definition) is 2. The molecule has 1 aliphatic carbocycles. The van der Waals surface area contributed by atoms with Crippen LogP contribution in [-0.4, -0.2) is 11.4 Å². The molecular weight excluding hydrogens is 226 g/mol. The van der Waals surface area contributed by atoms with E-state index < -0.39 is 17.2 Å². The fourth-order valence-corrected chi connectivity index (χ4v) is 1.96. The lowest BCUT2D eigenvalue weighted by molar-refractivity contribution is -0.118. The molecule has 1 saturated carbocycles. The van der Waals surface area contributed by atoms with Crippen molar-refractivity contribution in [3.8, 4) is 0 Å². The summed E-state index contributed by atoms with van der Waals surface area (Å²) in [6, 6.07) is 2.90. The molecule has 5 heteroatoms. The molecule has 3 N–H and O–H groups in total. The summed E-state index contributed by atoms with van der Waals surface area (Å²) < 4.78 is 25.8. The molecule has 1 amide bonds. The van der Waals surface area contributed by atoms with Gasteiger partial charge in [0, 0.05) is 23.7 Å². The fourth-order valence-electron chi connectivity index (χ4n) is 1.96. The molecule has 0 atom stereocenters. The number of nitrogens with two attached hydrogens (primary N) is 1. The molecule has 1 aromatic rings.